The van der Waals surface area contributed by atoms with E-state index in [1.165, 1.54) is 6.92 Å². The molecule has 0 spiro atoms. The SMILES string of the molecule is CC(=O)N(CCCN(C)C)CC(=O)Nc1cccc(Br)c1. The quantitative estimate of drug-likeness (QED) is 0.815. The van der Waals surface area contributed by atoms with Crippen molar-refractivity contribution in [3.63, 3.8) is 0 Å². The first-order valence-electron chi connectivity index (χ1n) is 6.84. The maximum absolute atomic E-state index is 12.0. The van der Waals surface area contributed by atoms with Crippen molar-refractivity contribution in [3.8, 4) is 0 Å². The highest BCUT2D eigenvalue weighted by atomic mass is 79.9. The summed E-state index contributed by atoms with van der Waals surface area (Å²) in [6.07, 6.45) is 0.844. The van der Waals surface area contributed by atoms with Gasteiger partial charge in [-0.1, -0.05) is 22.0 Å². The maximum Gasteiger partial charge on any atom is 0.243 e. The Hall–Kier alpha value is -1.40. The lowest BCUT2D eigenvalue weighted by atomic mass is 10.3. The number of benzene rings is 1. The molecule has 1 rings (SSSR count). The summed E-state index contributed by atoms with van der Waals surface area (Å²) in [6, 6.07) is 7.37. The van der Waals surface area contributed by atoms with Gasteiger partial charge in [-0.15, -0.1) is 0 Å². The first-order chi connectivity index (χ1) is 9.88. The molecule has 0 aliphatic rings. The van der Waals surface area contributed by atoms with Gasteiger partial charge >= 0.3 is 0 Å². The molecule has 0 aromatic heterocycles. The van der Waals surface area contributed by atoms with E-state index < -0.39 is 0 Å². The van der Waals surface area contributed by atoms with E-state index in [0.29, 0.717) is 12.2 Å². The summed E-state index contributed by atoms with van der Waals surface area (Å²) in [5.74, 6) is -0.272. The van der Waals surface area contributed by atoms with E-state index >= 15 is 0 Å². The van der Waals surface area contributed by atoms with Gasteiger partial charge in [-0.3, -0.25) is 9.59 Å². The minimum Gasteiger partial charge on any atom is -0.334 e. The van der Waals surface area contributed by atoms with E-state index in [1.807, 2.05) is 38.4 Å². The van der Waals surface area contributed by atoms with Crippen LogP contribution in [0.1, 0.15) is 13.3 Å². The molecule has 0 unspecified atom stereocenters. The van der Waals surface area contributed by atoms with E-state index in [9.17, 15) is 9.59 Å². The van der Waals surface area contributed by atoms with Crippen LogP contribution in [-0.4, -0.2) is 55.3 Å². The number of carbonyl (C=O) groups excluding carboxylic acids is 2. The second-order valence-corrected chi connectivity index (χ2v) is 6.07. The number of halogens is 1. The zero-order valence-corrected chi connectivity index (χ0v) is 14.3. The zero-order valence-electron chi connectivity index (χ0n) is 12.7. The van der Waals surface area contributed by atoms with Crippen LogP contribution in [0, 0.1) is 0 Å². The molecule has 0 aliphatic heterocycles. The summed E-state index contributed by atoms with van der Waals surface area (Å²) in [4.78, 5) is 27.2. The highest BCUT2D eigenvalue weighted by Gasteiger charge is 2.13. The summed E-state index contributed by atoms with van der Waals surface area (Å²) in [5, 5.41) is 2.79. The third-order valence-electron chi connectivity index (χ3n) is 2.92. The van der Waals surface area contributed by atoms with Crippen molar-refractivity contribution < 1.29 is 9.59 Å². The van der Waals surface area contributed by atoms with Gasteiger partial charge in [0.1, 0.15) is 0 Å². The van der Waals surface area contributed by atoms with Crippen LogP contribution in [0.3, 0.4) is 0 Å². The van der Waals surface area contributed by atoms with Crippen LogP contribution in [0.4, 0.5) is 5.69 Å². The number of carbonyl (C=O) groups is 2. The smallest absolute Gasteiger partial charge is 0.243 e. The molecule has 0 aliphatic carbocycles. The van der Waals surface area contributed by atoms with E-state index in [4.69, 9.17) is 0 Å². The van der Waals surface area contributed by atoms with Crippen molar-refractivity contribution in [1.29, 1.82) is 0 Å². The third-order valence-corrected chi connectivity index (χ3v) is 3.41. The molecule has 0 radical (unpaired) electrons. The molecule has 0 saturated heterocycles. The molecule has 1 aromatic rings. The lowest BCUT2D eigenvalue weighted by Gasteiger charge is -2.21. The number of hydrogen-bond donors (Lipinski definition) is 1. The van der Waals surface area contributed by atoms with Crippen LogP contribution < -0.4 is 5.32 Å². The number of amides is 2. The molecule has 0 saturated carbocycles. The zero-order chi connectivity index (χ0) is 15.8. The highest BCUT2D eigenvalue weighted by molar-refractivity contribution is 9.10. The molecule has 1 N–H and O–H groups in total. The molecule has 21 heavy (non-hydrogen) atoms. The van der Waals surface area contributed by atoms with E-state index in [-0.39, 0.29) is 18.4 Å². The van der Waals surface area contributed by atoms with Gasteiger partial charge in [0, 0.05) is 23.6 Å². The summed E-state index contributed by atoms with van der Waals surface area (Å²) < 4.78 is 0.898. The van der Waals surface area contributed by atoms with Gasteiger partial charge in [-0.25, -0.2) is 0 Å². The van der Waals surface area contributed by atoms with Gasteiger partial charge in [0.2, 0.25) is 11.8 Å². The van der Waals surface area contributed by atoms with Crippen molar-refractivity contribution in [2.45, 2.75) is 13.3 Å². The fourth-order valence-corrected chi connectivity index (χ4v) is 2.26. The van der Waals surface area contributed by atoms with Crippen molar-refractivity contribution in [2.24, 2.45) is 0 Å². The second-order valence-electron chi connectivity index (χ2n) is 5.16. The number of rotatable bonds is 7. The molecular weight excluding hydrogens is 334 g/mol. The maximum atomic E-state index is 12.0. The molecule has 0 heterocycles. The van der Waals surface area contributed by atoms with Gasteiger partial charge in [0.15, 0.2) is 0 Å². The van der Waals surface area contributed by atoms with Crippen molar-refractivity contribution in [2.75, 3.05) is 39.0 Å². The topological polar surface area (TPSA) is 52.7 Å². The van der Waals surface area contributed by atoms with E-state index in [1.54, 1.807) is 4.90 Å². The number of anilines is 1. The number of nitrogens with one attached hydrogen (secondary N) is 1. The Bertz CT molecular complexity index is 492. The van der Waals surface area contributed by atoms with E-state index in [0.717, 1.165) is 17.4 Å². The molecule has 0 bridgehead atoms. The molecule has 5 nitrogen and oxygen atoms in total. The fraction of sp³-hybridized carbons (Fsp3) is 0.467. The molecule has 116 valence electrons. The van der Waals surface area contributed by atoms with Gasteiger partial charge in [-0.05, 0) is 45.3 Å². The Balaban J connectivity index is 2.50. The molecular formula is C15H22BrN3O2. The first-order valence-corrected chi connectivity index (χ1v) is 7.63. The normalized spacial score (nSPS) is 10.5. The Morgan fingerprint density at radius 3 is 2.52 bits per heavy atom. The van der Waals surface area contributed by atoms with E-state index in [2.05, 4.69) is 26.1 Å². The standard InChI is InChI=1S/C15H22BrN3O2/c1-12(20)19(9-5-8-18(2)3)11-15(21)17-14-7-4-6-13(16)10-14/h4,6-7,10H,5,8-9,11H2,1-3H3,(H,17,21). The predicted molar refractivity (Wildman–Crippen MR) is 88.2 cm³/mol. The van der Waals surface area contributed by atoms with Crippen LogP contribution in [0.2, 0.25) is 0 Å². The Kier molecular flexibility index (Phi) is 7.39. The second kappa shape index (κ2) is 8.79. The minimum atomic E-state index is -0.187. The Morgan fingerprint density at radius 2 is 1.95 bits per heavy atom. The van der Waals surface area contributed by atoms with Gasteiger partial charge in [-0.2, -0.15) is 0 Å². The van der Waals surface area contributed by atoms with Crippen LogP contribution >= 0.6 is 15.9 Å². The predicted octanol–water partition coefficient (Wildman–Crippen LogP) is 2.19. The average Bonchev–Trinajstić information content (AvgIpc) is 2.36. The molecule has 0 fully saturated rings. The molecule has 6 heteroatoms. The summed E-state index contributed by atoms with van der Waals surface area (Å²) in [5.41, 5.74) is 0.714. The van der Waals surface area contributed by atoms with Crippen LogP contribution in [0.5, 0.6) is 0 Å². The van der Waals surface area contributed by atoms with Gasteiger partial charge in [0.05, 0.1) is 6.54 Å². The third kappa shape index (κ3) is 7.24. The number of nitrogens with zero attached hydrogens (tertiary/aromatic N) is 2. The van der Waals surface area contributed by atoms with Gasteiger partial charge in [0.25, 0.3) is 0 Å². The van der Waals surface area contributed by atoms with Crippen molar-refractivity contribution in [3.05, 3.63) is 28.7 Å². The highest BCUT2D eigenvalue weighted by Crippen LogP contribution is 2.15. The summed E-state index contributed by atoms with van der Waals surface area (Å²) >= 11 is 3.35. The minimum absolute atomic E-state index is 0.0786. The van der Waals surface area contributed by atoms with Crippen molar-refractivity contribution in [1.82, 2.24) is 9.80 Å². The Morgan fingerprint density at radius 1 is 1.24 bits per heavy atom. The summed E-state index contributed by atoms with van der Waals surface area (Å²) in [7, 11) is 3.97. The van der Waals surface area contributed by atoms with Crippen LogP contribution in [-0.2, 0) is 9.59 Å². The first kappa shape index (κ1) is 17.7. The van der Waals surface area contributed by atoms with Crippen LogP contribution in [0.15, 0.2) is 28.7 Å². The molecule has 2 amide bonds. The largest absolute Gasteiger partial charge is 0.334 e. The number of hydrogen-bond acceptors (Lipinski definition) is 3. The Labute approximate surface area is 134 Å². The monoisotopic (exact) mass is 355 g/mol. The summed E-state index contributed by atoms with van der Waals surface area (Å²) in [6.45, 7) is 3.04. The molecule has 0 atom stereocenters. The average molecular weight is 356 g/mol. The molecule has 1 aromatic carbocycles. The lowest BCUT2D eigenvalue weighted by Crippen LogP contribution is -2.38. The lowest BCUT2D eigenvalue weighted by molar-refractivity contribution is -0.132. The fourth-order valence-electron chi connectivity index (χ4n) is 1.87. The van der Waals surface area contributed by atoms with Crippen molar-refractivity contribution >= 4 is 33.4 Å². The van der Waals surface area contributed by atoms with Gasteiger partial charge < -0.3 is 15.1 Å². The van der Waals surface area contributed by atoms with Crippen LogP contribution in [0.25, 0.3) is 0 Å².